The van der Waals surface area contributed by atoms with Gasteiger partial charge in [0.2, 0.25) is 0 Å². The van der Waals surface area contributed by atoms with Gasteiger partial charge in [-0.05, 0) is 25.1 Å². The minimum atomic E-state index is -0.227. The normalized spacial score (nSPS) is 12.1. The maximum Gasteiger partial charge on any atom is 0.127 e. The number of nitrogens with one attached hydrogen (secondary N) is 1. The average molecular weight is 271 g/mol. The summed E-state index contributed by atoms with van der Waals surface area (Å²) in [6.07, 6.45) is 0. The Kier molecular flexibility index (Phi) is 4.73. The number of benzene rings is 1. The van der Waals surface area contributed by atoms with Crippen molar-refractivity contribution in [2.24, 2.45) is 5.92 Å². The number of nitriles is 1. The van der Waals surface area contributed by atoms with Crippen LogP contribution in [-0.4, -0.2) is 6.54 Å². The standard InChI is InChI=1S/C11H12BrFN2/c1-8(5-14)6-15-7-9-4-10(12)2-3-11(9)13/h2-4,8,15H,6-7H2,1H3. The highest BCUT2D eigenvalue weighted by molar-refractivity contribution is 9.10. The lowest BCUT2D eigenvalue weighted by Gasteiger charge is -2.07. The van der Waals surface area contributed by atoms with Gasteiger partial charge in [-0.25, -0.2) is 4.39 Å². The van der Waals surface area contributed by atoms with Crippen molar-refractivity contribution in [3.8, 4) is 6.07 Å². The summed E-state index contributed by atoms with van der Waals surface area (Å²) in [5.41, 5.74) is 0.606. The van der Waals surface area contributed by atoms with E-state index in [9.17, 15) is 4.39 Å². The van der Waals surface area contributed by atoms with Crippen LogP contribution in [0.25, 0.3) is 0 Å². The summed E-state index contributed by atoms with van der Waals surface area (Å²) in [5.74, 6) is -0.282. The molecular weight excluding hydrogens is 259 g/mol. The smallest absolute Gasteiger partial charge is 0.127 e. The number of rotatable bonds is 4. The summed E-state index contributed by atoms with van der Waals surface area (Å²) in [7, 11) is 0. The van der Waals surface area contributed by atoms with Crippen LogP contribution in [0.5, 0.6) is 0 Å². The number of hydrogen-bond donors (Lipinski definition) is 1. The molecule has 0 fully saturated rings. The Bertz CT molecular complexity index is 373. The minimum absolute atomic E-state index is 0.0554. The van der Waals surface area contributed by atoms with Crippen molar-refractivity contribution in [3.05, 3.63) is 34.1 Å². The van der Waals surface area contributed by atoms with Crippen LogP contribution in [0.3, 0.4) is 0 Å². The zero-order valence-electron chi connectivity index (χ0n) is 8.43. The van der Waals surface area contributed by atoms with E-state index < -0.39 is 0 Å². The average Bonchev–Trinajstić information content (AvgIpc) is 2.23. The summed E-state index contributed by atoms with van der Waals surface area (Å²) >= 11 is 3.28. The molecule has 0 saturated heterocycles. The first kappa shape index (κ1) is 12.2. The Morgan fingerprint density at radius 1 is 1.60 bits per heavy atom. The van der Waals surface area contributed by atoms with Gasteiger partial charge < -0.3 is 5.32 Å². The largest absolute Gasteiger partial charge is 0.311 e. The summed E-state index contributed by atoms with van der Waals surface area (Å²) in [4.78, 5) is 0. The first-order valence-electron chi connectivity index (χ1n) is 4.67. The van der Waals surface area contributed by atoms with Gasteiger partial charge in [-0.15, -0.1) is 0 Å². The fourth-order valence-electron chi connectivity index (χ4n) is 1.15. The van der Waals surface area contributed by atoms with Gasteiger partial charge in [-0.2, -0.15) is 5.26 Å². The predicted octanol–water partition coefficient (Wildman–Crippen LogP) is 2.84. The first-order chi connectivity index (χ1) is 7.13. The highest BCUT2D eigenvalue weighted by Crippen LogP contribution is 2.15. The van der Waals surface area contributed by atoms with Gasteiger partial charge in [0.25, 0.3) is 0 Å². The molecule has 0 aromatic heterocycles. The van der Waals surface area contributed by atoms with E-state index in [0.717, 1.165) is 4.47 Å². The highest BCUT2D eigenvalue weighted by atomic mass is 79.9. The third-order valence-corrected chi connectivity index (χ3v) is 2.49. The van der Waals surface area contributed by atoms with Crippen molar-refractivity contribution in [2.75, 3.05) is 6.54 Å². The van der Waals surface area contributed by atoms with Gasteiger partial charge in [-0.1, -0.05) is 15.9 Å². The van der Waals surface area contributed by atoms with Crippen LogP contribution >= 0.6 is 15.9 Å². The van der Waals surface area contributed by atoms with E-state index in [4.69, 9.17) is 5.26 Å². The maximum atomic E-state index is 13.3. The maximum absolute atomic E-state index is 13.3. The topological polar surface area (TPSA) is 35.8 Å². The van der Waals surface area contributed by atoms with Gasteiger partial charge in [0.15, 0.2) is 0 Å². The summed E-state index contributed by atoms with van der Waals surface area (Å²) < 4.78 is 14.1. The fourth-order valence-corrected chi connectivity index (χ4v) is 1.56. The van der Waals surface area contributed by atoms with Crippen molar-refractivity contribution in [2.45, 2.75) is 13.5 Å². The molecule has 4 heteroatoms. The Labute approximate surface area is 97.2 Å². The van der Waals surface area contributed by atoms with Gasteiger partial charge in [0, 0.05) is 23.1 Å². The second-order valence-electron chi connectivity index (χ2n) is 3.40. The van der Waals surface area contributed by atoms with E-state index in [2.05, 4.69) is 27.3 Å². The van der Waals surface area contributed by atoms with Crippen molar-refractivity contribution in [1.82, 2.24) is 5.32 Å². The zero-order valence-corrected chi connectivity index (χ0v) is 10.0. The van der Waals surface area contributed by atoms with Gasteiger partial charge >= 0.3 is 0 Å². The van der Waals surface area contributed by atoms with E-state index in [1.165, 1.54) is 6.07 Å². The number of nitrogens with zero attached hydrogens (tertiary/aromatic N) is 1. The molecule has 0 aliphatic carbocycles. The van der Waals surface area contributed by atoms with E-state index in [-0.39, 0.29) is 11.7 Å². The number of halogens is 2. The van der Waals surface area contributed by atoms with E-state index >= 15 is 0 Å². The van der Waals surface area contributed by atoms with Crippen LogP contribution in [0, 0.1) is 23.1 Å². The zero-order chi connectivity index (χ0) is 11.3. The van der Waals surface area contributed by atoms with E-state index in [0.29, 0.717) is 18.7 Å². The summed E-state index contributed by atoms with van der Waals surface area (Å²) in [6, 6.07) is 6.94. The molecule has 0 aliphatic heterocycles. The third-order valence-electron chi connectivity index (χ3n) is 1.99. The van der Waals surface area contributed by atoms with Crippen LogP contribution in [0.2, 0.25) is 0 Å². The second-order valence-corrected chi connectivity index (χ2v) is 4.31. The van der Waals surface area contributed by atoms with Crippen LogP contribution in [0.15, 0.2) is 22.7 Å². The molecule has 80 valence electrons. The van der Waals surface area contributed by atoms with E-state index in [1.54, 1.807) is 12.1 Å². The molecule has 1 N–H and O–H groups in total. The molecule has 1 atom stereocenters. The highest BCUT2D eigenvalue weighted by Gasteiger charge is 2.03. The molecule has 0 radical (unpaired) electrons. The molecule has 0 amide bonds. The predicted molar refractivity (Wildman–Crippen MR) is 60.6 cm³/mol. The molecule has 15 heavy (non-hydrogen) atoms. The molecule has 2 nitrogen and oxygen atoms in total. The molecule has 0 aliphatic rings. The molecule has 0 bridgehead atoms. The summed E-state index contributed by atoms with van der Waals surface area (Å²) in [5, 5.41) is 11.6. The van der Waals surface area contributed by atoms with Crippen LogP contribution in [0.1, 0.15) is 12.5 Å². The molecule has 1 unspecified atom stereocenters. The van der Waals surface area contributed by atoms with E-state index in [1.807, 2.05) is 6.92 Å². The second kappa shape index (κ2) is 5.84. The molecule has 1 aromatic rings. The molecular formula is C11H12BrFN2. The minimum Gasteiger partial charge on any atom is -0.311 e. The van der Waals surface area contributed by atoms with Crippen LogP contribution in [0.4, 0.5) is 4.39 Å². The Balaban J connectivity index is 2.51. The van der Waals surface area contributed by atoms with Gasteiger partial charge in [0.05, 0.1) is 12.0 Å². The first-order valence-corrected chi connectivity index (χ1v) is 5.47. The van der Waals surface area contributed by atoms with Crippen molar-refractivity contribution in [3.63, 3.8) is 0 Å². The molecule has 1 aromatic carbocycles. The Morgan fingerprint density at radius 2 is 2.33 bits per heavy atom. The Hall–Kier alpha value is -0.920. The molecule has 1 rings (SSSR count). The fraction of sp³-hybridized carbons (Fsp3) is 0.364. The van der Waals surface area contributed by atoms with Crippen LogP contribution in [-0.2, 0) is 6.54 Å². The lowest BCUT2D eigenvalue weighted by atomic mass is 10.2. The van der Waals surface area contributed by atoms with Gasteiger partial charge in [0.1, 0.15) is 5.82 Å². The van der Waals surface area contributed by atoms with Gasteiger partial charge in [-0.3, -0.25) is 0 Å². The number of hydrogen-bond acceptors (Lipinski definition) is 2. The molecule has 0 spiro atoms. The third kappa shape index (κ3) is 3.98. The lowest BCUT2D eigenvalue weighted by Crippen LogP contribution is -2.20. The van der Waals surface area contributed by atoms with Crippen molar-refractivity contribution in [1.29, 1.82) is 5.26 Å². The quantitative estimate of drug-likeness (QED) is 0.914. The monoisotopic (exact) mass is 270 g/mol. The van der Waals surface area contributed by atoms with Crippen LogP contribution < -0.4 is 5.32 Å². The Morgan fingerprint density at radius 3 is 3.00 bits per heavy atom. The molecule has 0 saturated carbocycles. The van der Waals surface area contributed by atoms with Crippen molar-refractivity contribution < 1.29 is 4.39 Å². The molecule has 0 heterocycles. The lowest BCUT2D eigenvalue weighted by molar-refractivity contribution is 0.564. The SMILES string of the molecule is CC(C#N)CNCc1cc(Br)ccc1F. The van der Waals surface area contributed by atoms with Crippen molar-refractivity contribution >= 4 is 15.9 Å². The summed E-state index contributed by atoms with van der Waals surface area (Å²) in [6.45, 7) is 2.84.